The Morgan fingerprint density at radius 3 is 2.61 bits per heavy atom. The highest BCUT2D eigenvalue weighted by Crippen LogP contribution is 2.36. The third kappa shape index (κ3) is 4.14. The number of non-ortho nitro benzene ring substituents is 1. The Morgan fingerprint density at radius 2 is 1.91 bits per heavy atom. The lowest BCUT2D eigenvalue weighted by Gasteiger charge is -2.13. The Kier molecular flexibility index (Phi) is 5.90. The van der Waals surface area contributed by atoms with Crippen LogP contribution in [0.3, 0.4) is 0 Å². The van der Waals surface area contributed by atoms with Crippen molar-refractivity contribution in [3.8, 4) is 11.4 Å². The number of hydrogen-bond acceptors (Lipinski definition) is 7. The van der Waals surface area contributed by atoms with Gasteiger partial charge in [0.15, 0.2) is 5.16 Å². The van der Waals surface area contributed by atoms with Crippen molar-refractivity contribution in [1.82, 2.24) is 9.55 Å². The lowest BCUT2D eigenvalue weighted by Crippen LogP contribution is -2.21. The monoisotopic (exact) mass is 479 g/mol. The SMILES string of the molecule is CCOc1ccc(-n2c(SCc3ccc([N+](=O)[O-])cc3)nc3sc4c(c3c2=O)CCC4)cc1. The van der Waals surface area contributed by atoms with Crippen LogP contribution in [-0.2, 0) is 18.6 Å². The smallest absolute Gasteiger partial charge is 0.269 e. The molecule has 0 radical (unpaired) electrons. The topological polar surface area (TPSA) is 87.3 Å². The summed E-state index contributed by atoms with van der Waals surface area (Å²) in [6.45, 7) is 2.50. The van der Waals surface area contributed by atoms with Crippen LogP contribution >= 0.6 is 23.1 Å². The average molecular weight is 480 g/mol. The highest BCUT2D eigenvalue weighted by molar-refractivity contribution is 7.98. The molecular formula is C24H21N3O4S2. The van der Waals surface area contributed by atoms with Crippen LogP contribution in [0.4, 0.5) is 5.69 Å². The number of fused-ring (bicyclic) bond motifs is 3. The number of aromatic nitrogens is 2. The van der Waals surface area contributed by atoms with Crippen molar-refractivity contribution in [3.63, 3.8) is 0 Å². The number of nitrogens with zero attached hydrogens (tertiary/aromatic N) is 3. The molecule has 0 amide bonds. The van der Waals surface area contributed by atoms with Gasteiger partial charge < -0.3 is 4.74 Å². The predicted octanol–water partition coefficient (Wildman–Crippen LogP) is 5.54. The van der Waals surface area contributed by atoms with E-state index in [1.54, 1.807) is 28.0 Å². The highest BCUT2D eigenvalue weighted by atomic mass is 32.2. The summed E-state index contributed by atoms with van der Waals surface area (Å²) in [6.07, 6.45) is 3.01. The molecule has 0 saturated heterocycles. The summed E-state index contributed by atoms with van der Waals surface area (Å²) >= 11 is 3.07. The van der Waals surface area contributed by atoms with Gasteiger partial charge in [0.1, 0.15) is 10.6 Å². The van der Waals surface area contributed by atoms with Crippen LogP contribution in [0.5, 0.6) is 5.75 Å². The number of benzene rings is 2. The zero-order valence-electron chi connectivity index (χ0n) is 17.9. The molecule has 0 N–H and O–H groups in total. The zero-order valence-corrected chi connectivity index (χ0v) is 19.6. The van der Waals surface area contributed by atoms with E-state index in [4.69, 9.17) is 9.72 Å². The fraction of sp³-hybridized carbons (Fsp3) is 0.250. The summed E-state index contributed by atoms with van der Waals surface area (Å²) in [5.74, 6) is 1.29. The van der Waals surface area contributed by atoms with Gasteiger partial charge in [-0.1, -0.05) is 23.9 Å². The van der Waals surface area contributed by atoms with Gasteiger partial charge in [0.05, 0.1) is 22.6 Å². The number of hydrogen-bond donors (Lipinski definition) is 0. The van der Waals surface area contributed by atoms with E-state index in [9.17, 15) is 14.9 Å². The van der Waals surface area contributed by atoms with Crippen LogP contribution < -0.4 is 10.3 Å². The van der Waals surface area contributed by atoms with E-state index < -0.39 is 4.92 Å². The third-order valence-electron chi connectivity index (χ3n) is 5.63. The summed E-state index contributed by atoms with van der Waals surface area (Å²) in [6, 6.07) is 13.9. The number of ether oxygens (including phenoxy) is 1. The molecule has 4 aromatic rings. The molecule has 0 atom stereocenters. The summed E-state index contributed by atoms with van der Waals surface area (Å²) < 4.78 is 7.23. The van der Waals surface area contributed by atoms with E-state index >= 15 is 0 Å². The van der Waals surface area contributed by atoms with Gasteiger partial charge in [-0.3, -0.25) is 19.5 Å². The van der Waals surface area contributed by atoms with Gasteiger partial charge in [-0.15, -0.1) is 11.3 Å². The molecule has 7 nitrogen and oxygen atoms in total. The molecule has 0 bridgehead atoms. The van der Waals surface area contributed by atoms with E-state index in [-0.39, 0.29) is 11.2 Å². The van der Waals surface area contributed by atoms with Crippen LogP contribution in [0.25, 0.3) is 15.9 Å². The molecule has 168 valence electrons. The van der Waals surface area contributed by atoms with E-state index in [1.165, 1.54) is 28.8 Å². The molecule has 0 saturated carbocycles. The zero-order chi connectivity index (χ0) is 22.9. The Hall–Kier alpha value is -3.17. The van der Waals surface area contributed by atoms with Crippen LogP contribution in [-0.4, -0.2) is 21.1 Å². The quantitative estimate of drug-likeness (QED) is 0.150. The standard InChI is InChI=1S/C24H21N3O4S2/c1-2-31-18-12-10-16(11-13-18)26-23(28)21-19-4-3-5-20(19)33-22(21)25-24(26)32-14-15-6-8-17(9-7-15)27(29)30/h6-13H,2-5,14H2,1H3. The number of aryl methyl sites for hydroxylation is 2. The summed E-state index contributed by atoms with van der Waals surface area (Å²) in [5, 5.41) is 12.3. The van der Waals surface area contributed by atoms with Crippen LogP contribution in [0, 0.1) is 10.1 Å². The lowest BCUT2D eigenvalue weighted by atomic mass is 10.2. The van der Waals surface area contributed by atoms with Gasteiger partial charge >= 0.3 is 0 Å². The second kappa shape index (κ2) is 8.99. The van der Waals surface area contributed by atoms with E-state index in [2.05, 4.69) is 0 Å². The molecule has 2 aromatic heterocycles. The Morgan fingerprint density at radius 1 is 1.15 bits per heavy atom. The fourth-order valence-corrected chi connectivity index (χ4v) is 6.34. The molecule has 5 rings (SSSR count). The maximum Gasteiger partial charge on any atom is 0.269 e. The predicted molar refractivity (Wildman–Crippen MR) is 131 cm³/mol. The molecule has 0 aliphatic heterocycles. The van der Waals surface area contributed by atoms with Crippen molar-refractivity contribution < 1.29 is 9.66 Å². The first-order valence-corrected chi connectivity index (χ1v) is 12.5. The summed E-state index contributed by atoms with van der Waals surface area (Å²) in [4.78, 5) is 31.2. The Bertz CT molecular complexity index is 1390. The minimum absolute atomic E-state index is 0.0465. The molecule has 2 aromatic carbocycles. The molecule has 0 fully saturated rings. The first-order chi connectivity index (χ1) is 16.0. The molecule has 9 heteroatoms. The van der Waals surface area contributed by atoms with E-state index in [1.807, 2.05) is 31.2 Å². The van der Waals surface area contributed by atoms with Crippen molar-refractivity contribution in [1.29, 1.82) is 0 Å². The first kappa shape index (κ1) is 21.7. The van der Waals surface area contributed by atoms with Crippen LogP contribution in [0.15, 0.2) is 58.5 Å². The maximum absolute atomic E-state index is 13.7. The van der Waals surface area contributed by atoms with Crippen molar-refractivity contribution in [2.75, 3.05) is 6.61 Å². The number of thiophene rings is 1. The molecular weight excluding hydrogens is 458 g/mol. The largest absolute Gasteiger partial charge is 0.494 e. The van der Waals surface area contributed by atoms with Crippen molar-refractivity contribution in [2.45, 2.75) is 37.1 Å². The minimum atomic E-state index is -0.411. The van der Waals surface area contributed by atoms with E-state index in [0.29, 0.717) is 17.5 Å². The van der Waals surface area contributed by atoms with E-state index in [0.717, 1.165) is 52.0 Å². The van der Waals surface area contributed by atoms with Gasteiger partial charge in [0.25, 0.3) is 11.2 Å². The van der Waals surface area contributed by atoms with Crippen molar-refractivity contribution in [2.24, 2.45) is 0 Å². The number of nitro benzene ring substituents is 1. The van der Waals surface area contributed by atoms with Crippen LogP contribution in [0.1, 0.15) is 29.3 Å². The number of nitro groups is 1. The fourth-order valence-electron chi connectivity index (χ4n) is 4.07. The molecule has 33 heavy (non-hydrogen) atoms. The molecule has 2 heterocycles. The van der Waals surface area contributed by atoms with Gasteiger partial charge in [-0.05, 0) is 61.6 Å². The Labute approximate surface area is 198 Å². The van der Waals surface area contributed by atoms with Crippen molar-refractivity contribution in [3.05, 3.63) is 85.0 Å². The first-order valence-electron chi connectivity index (χ1n) is 10.7. The number of rotatable bonds is 7. The molecule has 1 aliphatic carbocycles. The lowest BCUT2D eigenvalue weighted by molar-refractivity contribution is -0.384. The minimum Gasteiger partial charge on any atom is -0.494 e. The molecule has 0 spiro atoms. The Balaban J connectivity index is 1.56. The van der Waals surface area contributed by atoms with Gasteiger partial charge in [0, 0.05) is 22.8 Å². The normalized spacial score (nSPS) is 12.8. The van der Waals surface area contributed by atoms with Crippen LogP contribution in [0.2, 0.25) is 0 Å². The second-order valence-corrected chi connectivity index (χ2v) is 9.74. The maximum atomic E-state index is 13.7. The number of thioether (sulfide) groups is 1. The second-order valence-electron chi connectivity index (χ2n) is 7.71. The molecule has 0 unspecified atom stereocenters. The summed E-state index contributed by atoms with van der Waals surface area (Å²) in [5.41, 5.74) is 2.82. The summed E-state index contributed by atoms with van der Waals surface area (Å²) in [7, 11) is 0. The highest BCUT2D eigenvalue weighted by Gasteiger charge is 2.24. The third-order valence-corrected chi connectivity index (χ3v) is 7.82. The molecule has 1 aliphatic rings. The van der Waals surface area contributed by atoms with Gasteiger partial charge in [-0.2, -0.15) is 0 Å². The average Bonchev–Trinajstić information content (AvgIpc) is 3.40. The van der Waals surface area contributed by atoms with Gasteiger partial charge in [0.2, 0.25) is 0 Å². The van der Waals surface area contributed by atoms with Crippen molar-refractivity contribution >= 4 is 39.0 Å². The van der Waals surface area contributed by atoms with Gasteiger partial charge in [-0.25, -0.2) is 4.98 Å².